The van der Waals surface area contributed by atoms with Crippen molar-refractivity contribution in [2.45, 2.75) is 40.0 Å². The first-order valence-electron chi connectivity index (χ1n) is 6.39. The highest BCUT2D eigenvalue weighted by Crippen LogP contribution is 2.17. The number of aryl methyl sites for hydroxylation is 1. The standard InChI is InChI=1S/C13H24N4/c1-5-17(8-6-7-14)12-9-11(4)15-13(16-12)10(2)3/h9-10H,5-8,14H2,1-4H3. The van der Waals surface area contributed by atoms with E-state index in [2.05, 4.69) is 35.6 Å². The maximum absolute atomic E-state index is 5.56. The molecule has 96 valence electrons. The van der Waals surface area contributed by atoms with E-state index in [9.17, 15) is 0 Å². The fourth-order valence-electron chi connectivity index (χ4n) is 1.71. The van der Waals surface area contributed by atoms with E-state index in [0.717, 1.165) is 43.4 Å². The van der Waals surface area contributed by atoms with Crippen LogP contribution in [-0.2, 0) is 0 Å². The molecule has 1 heterocycles. The van der Waals surface area contributed by atoms with Gasteiger partial charge in [-0.05, 0) is 26.8 Å². The van der Waals surface area contributed by atoms with Crippen LogP contribution in [0.2, 0.25) is 0 Å². The van der Waals surface area contributed by atoms with Gasteiger partial charge in [0.05, 0.1) is 0 Å². The molecular weight excluding hydrogens is 212 g/mol. The first-order chi connectivity index (χ1) is 8.08. The van der Waals surface area contributed by atoms with Gasteiger partial charge >= 0.3 is 0 Å². The average molecular weight is 236 g/mol. The van der Waals surface area contributed by atoms with Crippen LogP contribution in [0.25, 0.3) is 0 Å². The molecule has 4 nitrogen and oxygen atoms in total. The van der Waals surface area contributed by atoms with Crippen molar-refractivity contribution in [3.05, 3.63) is 17.6 Å². The minimum Gasteiger partial charge on any atom is -0.357 e. The highest BCUT2D eigenvalue weighted by Gasteiger charge is 2.10. The van der Waals surface area contributed by atoms with E-state index in [4.69, 9.17) is 5.73 Å². The SMILES string of the molecule is CCN(CCCN)c1cc(C)nc(C(C)C)n1. The summed E-state index contributed by atoms with van der Waals surface area (Å²) in [6.45, 7) is 11.0. The van der Waals surface area contributed by atoms with Crippen molar-refractivity contribution in [1.82, 2.24) is 9.97 Å². The predicted octanol–water partition coefficient (Wildman–Crippen LogP) is 2.08. The summed E-state index contributed by atoms with van der Waals surface area (Å²) >= 11 is 0. The Hall–Kier alpha value is -1.16. The number of aromatic nitrogens is 2. The van der Waals surface area contributed by atoms with E-state index in [1.807, 2.05) is 13.0 Å². The highest BCUT2D eigenvalue weighted by molar-refractivity contribution is 5.39. The van der Waals surface area contributed by atoms with Crippen molar-refractivity contribution < 1.29 is 0 Å². The smallest absolute Gasteiger partial charge is 0.133 e. The van der Waals surface area contributed by atoms with Crippen molar-refractivity contribution in [2.24, 2.45) is 5.73 Å². The number of nitrogens with two attached hydrogens (primary N) is 1. The second-order valence-corrected chi connectivity index (χ2v) is 4.60. The summed E-state index contributed by atoms with van der Waals surface area (Å²) in [4.78, 5) is 11.4. The average Bonchev–Trinajstić information content (AvgIpc) is 2.29. The Morgan fingerprint density at radius 1 is 1.35 bits per heavy atom. The molecule has 0 saturated heterocycles. The van der Waals surface area contributed by atoms with Gasteiger partial charge in [-0.2, -0.15) is 0 Å². The molecule has 2 N–H and O–H groups in total. The number of rotatable bonds is 6. The van der Waals surface area contributed by atoms with Crippen LogP contribution in [0.5, 0.6) is 0 Å². The lowest BCUT2D eigenvalue weighted by molar-refractivity contribution is 0.718. The van der Waals surface area contributed by atoms with E-state index in [1.165, 1.54) is 0 Å². The second-order valence-electron chi connectivity index (χ2n) is 4.60. The quantitative estimate of drug-likeness (QED) is 0.821. The lowest BCUT2D eigenvalue weighted by Gasteiger charge is -2.22. The van der Waals surface area contributed by atoms with E-state index >= 15 is 0 Å². The number of hydrogen-bond donors (Lipinski definition) is 1. The summed E-state index contributed by atoms with van der Waals surface area (Å²) in [5, 5.41) is 0. The van der Waals surface area contributed by atoms with Gasteiger partial charge in [0.25, 0.3) is 0 Å². The van der Waals surface area contributed by atoms with Gasteiger partial charge in [-0.3, -0.25) is 0 Å². The summed E-state index contributed by atoms with van der Waals surface area (Å²) in [5.74, 6) is 2.31. The van der Waals surface area contributed by atoms with Crippen LogP contribution >= 0.6 is 0 Å². The van der Waals surface area contributed by atoms with Crippen LogP contribution in [0.1, 0.15) is 44.6 Å². The molecule has 0 fully saturated rings. The summed E-state index contributed by atoms with van der Waals surface area (Å²) < 4.78 is 0. The molecular formula is C13H24N4. The summed E-state index contributed by atoms with van der Waals surface area (Å²) in [6, 6.07) is 2.05. The molecule has 17 heavy (non-hydrogen) atoms. The molecule has 0 aliphatic rings. The van der Waals surface area contributed by atoms with Crippen LogP contribution in [0.4, 0.5) is 5.82 Å². The minimum atomic E-state index is 0.363. The zero-order valence-corrected chi connectivity index (χ0v) is 11.4. The maximum atomic E-state index is 5.56. The molecule has 1 rings (SSSR count). The third-order valence-electron chi connectivity index (χ3n) is 2.71. The molecule has 0 aromatic carbocycles. The van der Waals surface area contributed by atoms with Gasteiger partial charge in [0, 0.05) is 30.8 Å². The molecule has 4 heteroatoms. The van der Waals surface area contributed by atoms with Crippen LogP contribution in [0.15, 0.2) is 6.07 Å². The van der Waals surface area contributed by atoms with E-state index < -0.39 is 0 Å². The molecule has 0 saturated carbocycles. The van der Waals surface area contributed by atoms with Gasteiger partial charge in [-0.15, -0.1) is 0 Å². The lowest BCUT2D eigenvalue weighted by atomic mass is 10.2. The molecule has 0 amide bonds. The Labute approximate surface area is 104 Å². The van der Waals surface area contributed by atoms with E-state index in [1.54, 1.807) is 0 Å². The van der Waals surface area contributed by atoms with Gasteiger partial charge in [0.1, 0.15) is 11.6 Å². The van der Waals surface area contributed by atoms with Crippen LogP contribution in [0.3, 0.4) is 0 Å². The summed E-state index contributed by atoms with van der Waals surface area (Å²) in [6.07, 6.45) is 0.994. The van der Waals surface area contributed by atoms with Gasteiger partial charge in [-0.25, -0.2) is 9.97 Å². The third-order valence-corrected chi connectivity index (χ3v) is 2.71. The van der Waals surface area contributed by atoms with Crippen molar-refractivity contribution in [2.75, 3.05) is 24.5 Å². The normalized spacial score (nSPS) is 10.9. The number of nitrogens with zero attached hydrogens (tertiary/aromatic N) is 3. The monoisotopic (exact) mass is 236 g/mol. The van der Waals surface area contributed by atoms with Crippen molar-refractivity contribution >= 4 is 5.82 Å². The van der Waals surface area contributed by atoms with Gasteiger partial charge < -0.3 is 10.6 Å². The molecule has 0 aliphatic heterocycles. The zero-order chi connectivity index (χ0) is 12.8. The minimum absolute atomic E-state index is 0.363. The fraction of sp³-hybridized carbons (Fsp3) is 0.692. The Morgan fingerprint density at radius 3 is 2.59 bits per heavy atom. The molecule has 0 atom stereocenters. The zero-order valence-electron chi connectivity index (χ0n) is 11.4. The fourth-order valence-corrected chi connectivity index (χ4v) is 1.71. The van der Waals surface area contributed by atoms with E-state index in [0.29, 0.717) is 5.92 Å². The van der Waals surface area contributed by atoms with Crippen molar-refractivity contribution in [1.29, 1.82) is 0 Å². The Morgan fingerprint density at radius 2 is 2.06 bits per heavy atom. The highest BCUT2D eigenvalue weighted by atomic mass is 15.2. The van der Waals surface area contributed by atoms with Crippen LogP contribution in [0, 0.1) is 6.92 Å². The number of hydrogen-bond acceptors (Lipinski definition) is 4. The first-order valence-corrected chi connectivity index (χ1v) is 6.39. The summed E-state index contributed by atoms with van der Waals surface area (Å²) in [7, 11) is 0. The van der Waals surface area contributed by atoms with Crippen molar-refractivity contribution in [3.63, 3.8) is 0 Å². The second kappa shape index (κ2) is 6.55. The topological polar surface area (TPSA) is 55.0 Å². The molecule has 1 aromatic heterocycles. The van der Waals surface area contributed by atoms with Crippen molar-refractivity contribution in [3.8, 4) is 0 Å². The summed E-state index contributed by atoms with van der Waals surface area (Å²) in [5.41, 5.74) is 6.59. The first kappa shape index (κ1) is 13.9. The Bertz CT molecular complexity index is 349. The van der Waals surface area contributed by atoms with E-state index in [-0.39, 0.29) is 0 Å². The third kappa shape index (κ3) is 3.97. The largest absolute Gasteiger partial charge is 0.357 e. The number of anilines is 1. The molecule has 0 unspecified atom stereocenters. The Kier molecular flexibility index (Phi) is 5.35. The Balaban J connectivity index is 2.94. The van der Waals surface area contributed by atoms with Crippen LogP contribution < -0.4 is 10.6 Å². The predicted molar refractivity (Wildman–Crippen MR) is 72.4 cm³/mol. The van der Waals surface area contributed by atoms with Gasteiger partial charge in [-0.1, -0.05) is 13.8 Å². The molecule has 0 aliphatic carbocycles. The molecule has 1 aromatic rings. The molecule has 0 spiro atoms. The maximum Gasteiger partial charge on any atom is 0.133 e. The lowest BCUT2D eigenvalue weighted by Crippen LogP contribution is -2.27. The molecule has 0 bridgehead atoms. The van der Waals surface area contributed by atoms with Gasteiger partial charge in [0.15, 0.2) is 0 Å². The van der Waals surface area contributed by atoms with Gasteiger partial charge in [0.2, 0.25) is 0 Å². The molecule has 0 radical (unpaired) electrons. The van der Waals surface area contributed by atoms with Crippen LogP contribution in [-0.4, -0.2) is 29.6 Å².